The molecule has 27 heavy (non-hydrogen) atoms. The summed E-state index contributed by atoms with van der Waals surface area (Å²) in [6, 6.07) is 3.64. The Morgan fingerprint density at radius 2 is 2.22 bits per heavy atom. The van der Waals surface area contributed by atoms with E-state index < -0.39 is 22.9 Å². The van der Waals surface area contributed by atoms with Gasteiger partial charge in [0, 0.05) is 25.4 Å². The number of pyridine rings is 1. The number of thiophene rings is 1. The van der Waals surface area contributed by atoms with Crippen LogP contribution in [0.2, 0.25) is 0 Å². The highest BCUT2D eigenvalue weighted by atomic mass is 32.1. The monoisotopic (exact) mass is 396 g/mol. The van der Waals surface area contributed by atoms with E-state index in [0.717, 1.165) is 10.1 Å². The van der Waals surface area contributed by atoms with Crippen LogP contribution in [0.3, 0.4) is 0 Å². The number of anilines is 1. The Morgan fingerprint density at radius 3 is 2.85 bits per heavy atom. The topological polar surface area (TPSA) is 158 Å². The highest BCUT2D eigenvalue weighted by Gasteiger charge is 2.28. The smallest absolute Gasteiger partial charge is 0.303 e. The van der Waals surface area contributed by atoms with Crippen LogP contribution in [0.5, 0.6) is 0 Å². The van der Waals surface area contributed by atoms with Gasteiger partial charge in [0.25, 0.3) is 5.09 Å². The summed E-state index contributed by atoms with van der Waals surface area (Å²) >= 11 is 1.36. The van der Waals surface area contributed by atoms with Crippen LogP contribution in [0, 0.1) is 22.0 Å². The number of carbonyl (C=O) groups excluding carboxylic acids is 1. The van der Waals surface area contributed by atoms with E-state index in [4.69, 9.17) is 10.8 Å². The molecule has 2 rings (SSSR count). The lowest BCUT2D eigenvalue weighted by molar-refractivity contribution is -0.758. The van der Waals surface area contributed by atoms with Crippen LogP contribution < -0.4 is 11.1 Å². The van der Waals surface area contributed by atoms with E-state index in [0.29, 0.717) is 5.00 Å². The molecule has 0 spiro atoms. The fraction of sp³-hybridized carbons (Fsp3) is 0.438. The predicted molar refractivity (Wildman–Crippen MR) is 98.7 cm³/mol. The normalized spacial score (nSPS) is 13.1. The summed E-state index contributed by atoms with van der Waals surface area (Å²) in [5, 5.41) is 22.7. The lowest BCUT2D eigenvalue weighted by atomic mass is 9.85. The highest BCUT2D eigenvalue weighted by molar-refractivity contribution is 7.22. The molecule has 2 heterocycles. The van der Waals surface area contributed by atoms with Gasteiger partial charge in [-0.25, -0.2) is 0 Å². The number of nitrogens with two attached hydrogens (primary N) is 1. The van der Waals surface area contributed by atoms with Crippen LogP contribution in [0.25, 0.3) is 10.1 Å². The molecule has 0 fully saturated rings. The largest absolute Gasteiger partial charge is 0.481 e. The third-order valence-corrected chi connectivity index (χ3v) is 5.14. The molecule has 0 radical (unpaired) electrons. The van der Waals surface area contributed by atoms with Crippen molar-refractivity contribution in [2.75, 3.05) is 18.5 Å². The first kappa shape index (κ1) is 20.5. The number of aromatic nitrogens is 1. The van der Waals surface area contributed by atoms with Gasteiger partial charge in [0.2, 0.25) is 5.91 Å². The van der Waals surface area contributed by atoms with E-state index in [1.54, 1.807) is 12.4 Å². The number of carboxylic acids is 1. The molecule has 0 aliphatic rings. The second kappa shape index (κ2) is 9.78. The first-order valence-corrected chi connectivity index (χ1v) is 9.06. The van der Waals surface area contributed by atoms with E-state index in [9.17, 15) is 19.7 Å². The van der Waals surface area contributed by atoms with Crippen LogP contribution in [-0.4, -0.2) is 40.2 Å². The van der Waals surface area contributed by atoms with Crippen molar-refractivity contribution in [3.63, 3.8) is 0 Å². The van der Waals surface area contributed by atoms with Gasteiger partial charge >= 0.3 is 5.97 Å². The van der Waals surface area contributed by atoms with Crippen LogP contribution in [0.1, 0.15) is 19.3 Å². The van der Waals surface area contributed by atoms with Gasteiger partial charge in [-0.3, -0.25) is 14.6 Å². The van der Waals surface area contributed by atoms with Crippen molar-refractivity contribution >= 4 is 38.3 Å². The maximum absolute atomic E-state index is 12.7. The lowest BCUT2D eigenvalue weighted by Gasteiger charge is -2.24. The molecule has 2 aromatic heterocycles. The third-order valence-electron chi connectivity index (χ3n) is 4.14. The zero-order valence-corrected chi connectivity index (χ0v) is 15.2. The van der Waals surface area contributed by atoms with Gasteiger partial charge in [0.15, 0.2) is 0 Å². The molecule has 0 saturated heterocycles. The molecule has 2 atom stereocenters. The average molecular weight is 396 g/mol. The van der Waals surface area contributed by atoms with Crippen molar-refractivity contribution in [3.8, 4) is 0 Å². The quantitative estimate of drug-likeness (QED) is 0.384. The summed E-state index contributed by atoms with van der Waals surface area (Å²) in [5.74, 6) is -2.51. The zero-order chi connectivity index (χ0) is 19.8. The van der Waals surface area contributed by atoms with Crippen molar-refractivity contribution in [1.29, 1.82) is 0 Å². The molecule has 0 aromatic carbocycles. The Labute approximate surface area is 158 Å². The fourth-order valence-corrected chi connectivity index (χ4v) is 3.74. The van der Waals surface area contributed by atoms with Crippen molar-refractivity contribution in [1.82, 2.24) is 4.98 Å². The summed E-state index contributed by atoms with van der Waals surface area (Å²) in [6.45, 7) is -0.239. The van der Waals surface area contributed by atoms with Gasteiger partial charge < -0.3 is 21.0 Å². The molecule has 2 aromatic rings. The third kappa shape index (κ3) is 6.15. The summed E-state index contributed by atoms with van der Waals surface area (Å²) < 4.78 is 0.916. The molecule has 0 aliphatic carbocycles. The number of nitrogens with zero attached hydrogens (tertiary/aromatic N) is 2. The molecule has 0 saturated carbocycles. The number of rotatable bonds is 11. The van der Waals surface area contributed by atoms with Gasteiger partial charge in [-0.05, 0) is 36.3 Å². The Bertz CT molecular complexity index is 778. The number of carboxylic acid groups (broad SMARTS) is 1. The minimum atomic E-state index is -1.01. The van der Waals surface area contributed by atoms with E-state index in [1.807, 2.05) is 12.1 Å². The summed E-state index contributed by atoms with van der Waals surface area (Å²) in [5.41, 5.74) is 5.75. The Hall–Kier alpha value is -2.79. The number of aliphatic carboxylic acids is 1. The Balaban J connectivity index is 2.08. The number of fused-ring (bicyclic) bond motifs is 1. The molecule has 10 nitrogen and oxygen atoms in total. The van der Waals surface area contributed by atoms with Crippen molar-refractivity contribution in [2.24, 2.45) is 17.6 Å². The molecule has 0 aliphatic heterocycles. The van der Waals surface area contributed by atoms with Crippen molar-refractivity contribution in [2.45, 2.75) is 19.3 Å². The summed E-state index contributed by atoms with van der Waals surface area (Å²) in [6.07, 6.45) is 3.50. The van der Waals surface area contributed by atoms with Gasteiger partial charge in [-0.2, -0.15) is 0 Å². The summed E-state index contributed by atoms with van der Waals surface area (Å²) in [7, 11) is 0. The maximum atomic E-state index is 12.7. The van der Waals surface area contributed by atoms with Gasteiger partial charge in [-0.1, -0.05) is 0 Å². The minimum absolute atomic E-state index is 0.0129. The van der Waals surface area contributed by atoms with E-state index in [1.165, 1.54) is 11.3 Å². The van der Waals surface area contributed by atoms with Gasteiger partial charge in [0.05, 0.1) is 22.2 Å². The van der Waals surface area contributed by atoms with Crippen molar-refractivity contribution < 1.29 is 24.6 Å². The summed E-state index contributed by atoms with van der Waals surface area (Å²) in [4.78, 5) is 42.2. The maximum Gasteiger partial charge on any atom is 0.303 e. The number of carbonyl (C=O) groups is 2. The predicted octanol–water partition coefficient (Wildman–Crippen LogP) is 1.89. The molecule has 2 unspecified atom stereocenters. The molecule has 4 N–H and O–H groups in total. The zero-order valence-electron chi connectivity index (χ0n) is 14.4. The molecular weight excluding hydrogens is 376 g/mol. The van der Waals surface area contributed by atoms with Gasteiger partial charge in [0.1, 0.15) is 0 Å². The molecule has 1 amide bonds. The van der Waals surface area contributed by atoms with E-state index >= 15 is 0 Å². The molecule has 0 bridgehead atoms. The highest BCUT2D eigenvalue weighted by Crippen LogP contribution is 2.30. The van der Waals surface area contributed by atoms with Gasteiger partial charge in [-0.15, -0.1) is 21.5 Å². The average Bonchev–Trinajstić information content (AvgIpc) is 3.01. The second-order valence-electron chi connectivity index (χ2n) is 5.89. The number of hydrogen-bond acceptors (Lipinski definition) is 8. The standard InChI is InChI=1S/C16H20N4O6S/c17-8-12(10(1-2-15(21)22)4-6-26-20(24)25)16(23)19-14-7-11-3-5-18-9-13(11)27-14/h3,5,7,9-10,12H,1-2,4,6,8,17H2,(H,19,23)(H,21,22). The fourth-order valence-electron chi connectivity index (χ4n) is 2.81. The van der Waals surface area contributed by atoms with Crippen LogP contribution in [-0.2, 0) is 14.4 Å². The number of nitrogens with one attached hydrogen (secondary N) is 1. The Kier molecular flexibility index (Phi) is 7.44. The molecular formula is C16H20N4O6S. The first-order valence-electron chi connectivity index (χ1n) is 8.24. The SMILES string of the molecule is NCC(C(=O)Nc1cc2ccncc2s1)C(CCO[N+](=O)[O-])CCC(=O)O. The van der Waals surface area contributed by atoms with Crippen LogP contribution >= 0.6 is 11.3 Å². The minimum Gasteiger partial charge on any atom is -0.481 e. The van der Waals surface area contributed by atoms with Crippen molar-refractivity contribution in [3.05, 3.63) is 34.6 Å². The Morgan fingerprint density at radius 1 is 1.44 bits per heavy atom. The second-order valence-corrected chi connectivity index (χ2v) is 6.98. The van der Waals surface area contributed by atoms with E-state index in [-0.39, 0.29) is 38.3 Å². The number of hydrogen-bond donors (Lipinski definition) is 3. The van der Waals surface area contributed by atoms with Crippen LogP contribution in [0.15, 0.2) is 24.5 Å². The van der Waals surface area contributed by atoms with Crippen LogP contribution in [0.4, 0.5) is 5.00 Å². The van der Waals surface area contributed by atoms with E-state index in [2.05, 4.69) is 15.1 Å². The first-order chi connectivity index (χ1) is 12.9. The molecule has 11 heteroatoms. The molecule has 146 valence electrons. The lowest BCUT2D eigenvalue weighted by Crippen LogP contribution is -2.36. The number of amides is 1.